The normalized spacial score (nSPS) is 14.6. The number of ether oxygens (including phenoxy) is 2. The Labute approximate surface area is 167 Å². The summed E-state index contributed by atoms with van der Waals surface area (Å²) in [5.41, 5.74) is 2.49. The average molecular weight is 383 g/mol. The zero-order valence-corrected chi connectivity index (χ0v) is 16.9. The van der Waals surface area contributed by atoms with E-state index in [2.05, 4.69) is 34.2 Å². The molecule has 0 aliphatic carbocycles. The Bertz CT molecular complexity index is 784. The van der Waals surface area contributed by atoms with Gasteiger partial charge in [0.25, 0.3) is 5.91 Å². The van der Waals surface area contributed by atoms with Crippen LogP contribution in [0, 0.1) is 0 Å². The van der Waals surface area contributed by atoms with Gasteiger partial charge in [-0.2, -0.15) is 0 Å². The quantitative estimate of drug-likeness (QED) is 0.793. The van der Waals surface area contributed by atoms with Gasteiger partial charge in [0.2, 0.25) is 0 Å². The van der Waals surface area contributed by atoms with Crippen molar-refractivity contribution in [3.8, 4) is 11.5 Å². The summed E-state index contributed by atoms with van der Waals surface area (Å²) in [7, 11) is 3.13. The molecular formula is C22H29N3O3. The van der Waals surface area contributed by atoms with E-state index in [9.17, 15) is 4.79 Å². The summed E-state index contributed by atoms with van der Waals surface area (Å²) < 4.78 is 10.5. The van der Waals surface area contributed by atoms with Crippen LogP contribution in [0.25, 0.3) is 0 Å². The summed E-state index contributed by atoms with van der Waals surface area (Å²) in [5.74, 6) is 0.956. The molecule has 0 aromatic heterocycles. The number of amides is 1. The summed E-state index contributed by atoms with van der Waals surface area (Å²) in [4.78, 5) is 17.4. The molecule has 1 amide bonds. The molecule has 0 atom stereocenters. The van der Waals surface area contributed by atoms with E-state index in [-0.39, 0.29) is 5.91 Å². The minimum Gasteiger partial charge on any atom is -0.493 e. The van der Waals surface area contributed by atoms with E-state index < -0.39 is 0 Å². The van der Waals surface area contributed by atoms with Crippen molar-refractivity contribution in [1.29, 1.82) is 0 Å². The lowest BCUT2D eigenvalue weighted by Crippen LogP contribution is -2.46. The maximum atomic E-state index is 12.5. The second-order valence-electron chi connectivity index (χ2n) is 6.90. The standard InChI is InChI=1S/C22H29N3O3/c1-4-11-24-12-14-25(15-13-24)19-8-6-18(7-9-19)23-22(26)17-5-10-20(27-2)21(16-17)28-3/h5-10,16H,4,11-15H2,1-3H3,(H,23,26). The molecule has 3 rings (SSSR count). The van der Waals surface area contributed by atoms with Gasteiger partial charge in [0.05, 0.1) is 14.2 Å². The lowest BCUT2D eigenvalue weighted by Gasteiger charge is -2.36. The van der Waals surface area contributed by atoms with Gasteiger partial charge >= 0.3 is 0 Å². The van der Waals surface area contributed by atoms with Gasteiger partial charge < -0.3 is 19.7 Å². The van der Waals surface area contributed by atoms with E-state index in [4.69, 9.17) is 9.47 Å². The van der Waals surface area contributed by atoms with Gasteiger partial charge in [-0.15, -0.1) is 0 Å². The third-order valence-corrected chi connectivity index (χ3v) is 5.05. The van der Waals surface area contributed by atoms with Crippen LogP contribution in [0.4, 0.5) is 11.4 Å². The van der Waals surface area contributed by atoms with Crippen LogP contribution in [0.5, 0.6) is 11.5 Å². The van der Waals surface area contributed by atoms with E-state index in [1.807, 2.05) is 12.1 Å². The number of nitrogens with zero attached hydrogens (tertiary/aromatic N) is 2. The first-order chi connectivity index (χ1) is 13.6. The van der Waals surface area contributed by atoms with Crippen LogP contribution in [-0.4, -0.2) is 57.8 Å². The van der Waals surface area contributed by atoms with Gasteiger partial charge in [-0.3, -0.25) is 9.69 Å². The van der Waals surface area contributed by atoms with Crippen LogP contribution in [0.2, 0.25) is 0 Å². The average Bonchev–Trinajstić information content (AvgIpc) is 2.74. The predicted molar refractivity (Wildman–Crippen MR) is 113 cm³/mol. The summed E-state index contributed by atoms with van der Waals surface area (Å²) in [6, 6.07) is 13.2. The minimum absolute atomic E-state index is 0.179. The molecule has 0 radical (unpaired) electrons. The Morgan fingerprint density at radius 2 is 1.64 bits per heavy atom. The van der Waals surface area contributed by atoms with E-state index in [1.54, 1.807) is 32.4 Å². The molecule has 0 spiro atoms. The first kappa shape index (κ1) is 20.0. The zero-order valence-electron chi connectivity index (χ0n) is 16.9. The molecule has 0 unspecified atom stereocenters. The molecule has 1 fully saturated rings. The van der Waals surface area contributed by atoms with E-state index in [1.165, 1.54) is 18.7 Å². The minimum atomic E-state index is -0.179. The molecule has 2 aromatic carbocycles. The molecule has 0 bridgehead atoms. The maximum Gasteiger partial charge on any atom is 0.255 e. The molecule has 1 aliphatic rings. The number of carbonyl (C=O) groups is 1. The fourth-order valence-electron chi connectivity index (χ4n) is 3.48. The highest BCUT2D eigenvalue weighted by atomic mass is 16.5. The third kappa shape index (κ3) is 4.75. The van der Waals surface area contributed by atoms with Crippen molar-refractivity contribution in [3.63, 3.8) is 0 Å². The number of hydrogen-bond acceptors (Lipinski definition) is 5. The molecule has 6 nitrogen and oxygen atoms in total. The summed E-state index contributed by atoms with van der Waals surface area (Å²) in [6.45, 7) is 7.68. The van der Waals surface area contributed by atoms with Crippen molar-refractivity contribution in [3.05, 3.63) is 48.0 Å². The summed E-state index contributed by atoms with van der Waals surface area (Å²) in [6.07, 6.45) is 1.20. The highest BCUT2D eigenvalue weighted by Gasteiger charge is 2.16. The Balaban J connectivity index is 1.60. The van der Waals surface area contributed by atoms with Crippen LogP contribution >= 0.6 is 0 Å². The first-order valence-electron chi connectivity index (χ1n) is 9.75. The highest BCUT2D eigenvalue weighted by Crippen LogP contribution is 2.28. The van der Waals surface area contributed by atoms with Gasteiger partial charge in [0.15, 0.2) is 11.5 Å². The van der Waals surface area contributed by atoms with E-state index in [0.29, 0.717) is 17.1 Å². The molecule has 1 N–H and O–H groups in total. The predicted octanol–water partition coefficient (Wildman–Crippen LogP) is 3.49. The molecule has 6 heteroatoms. The molecule has 0 saturated carbocycles. The molecule has 2 aromatic rings. The van der Waals surface area contributed by atoms with Crippen LogP contribution in [0.3, 0.4) is 0 Å². The lowest BCUT2D eigenvalue weighted by atomic mass is 10.1. The number of methoxy groups -OCH3 is 2. The molecule has 150 valence electrons. The van der Waals surface area contributed by atoms with Gasteiger partial charge in [0, 0.05) is 43.1 Å². The number of benzene rings is 2. The van der Waals surface area contributed by atoms with Crippen molar-refractivity contribution >= 4 is 17.3 Å². The van der Waals surface area contributed by atoms with Crippen molar-refractivity contribution in [2.24, 2.45) is 0 Å². The van der Waals surface area contributed by atoms with Crippen molar-refractivity contribution < 1.29 is 14.3 Å². The SMILES string of the molecule is CCCN1CCN(c2ccc(NC(=O)c3ccc(OC)c(OC)c3)cc2)CC1. The van der Waals surface area contributed by atoms with Crippen LogP contribution < -0.4 is 19.7 Å². The largest absolute Gasteiger partial charge is 0.493 e. The van der Waals surface area contributed by atoms with Gasteiger partial charge in [-0.1, -0.05) is 6.92 Å². The van der Waals surface area contributed by atoms with Crippen molar-refractivity contribution in [1.82, 2.24) is 4.90 Å². The molecule has 28 heavy (non-hydrogen) atoms. The number of nitrogens with one attached hydrogen (secondary N) is 1. The Morgan fingerprint density at radius 1 is 0.964 bits per heavy atom. The van der Waals surface area contributed by atoms with Crippen LogP contribution in [-0.2, 0) is 0 Å². The van der Waals surface area contributed by atoms with Crippen molar-refractivity contribution in [2.75, 3.05) is 57.2 Å². The van der Waals surface area contributed by atoms with Crippen LogP contribution in [0.15, 0.2) is 42.5 Å². The fourth-order valence-corrected chi connectivity index (χ4v) is 3.48. The third-order valence-electron chi connectivity index (χ3n) is 5.05. The number of rotatable bonds is 7. The maximum absolute atomic E-state index is 12.5. The number of carbonyl (C=O) groups excluding carboxylic acids is 1. The lowest BCUT2D eigenvalue weighted by molar-refractivity contribution is 0.102. The first-order valence-corrected chi connectivity index (χ1v) is 9.75. The monoisotopic (exact) mass is 383 g/mol. The number of hydrogen-bond donors (Lipinski definition) is 1. The highest BCUT2D eigenvalue weighted by molar-refractivity contribution is 6.04. The Kier molecular flexibility index (Phi) is 6.76. The Morgan fingerprint density at radius 3 is 2.25 bits per heavy atom. The molecule has 1 aliphatic heterocycles. The van der Waals surface area contributed by atoms with E-state index in [0.717, 1.165) is 31.9 Å². The Hall–Kier alpha value is -2.73. The van der Waals surface area contributed by atoms with Gasteiger partial charge in [-0.05, 0) is 55.4 Å². The van der Waals surface area contributed by atoms with Crippen LogP contribution in [0.1, 0.15) is 23.7 Å². The second-order valence-corrected chi connectivity index (χ2v) is 6.90. The number of anilines is 2. The van der Waals surface area contributed by atoms with Gasteiger partial charge in [-0.25, -0.2) is 0 Å². The zero-order chi connectivity index (χ0) is 19.9. The smallest absolute Gasteiger partial charge is 0.255 e. The summed E-state index contributed by atoms with van der Waals surface area (Å²) >= 11 is 0. The number of piperazine rings is 1. The summed E-state index contributed by atoms with van der Waals surface area (Å²) in [5, 5.41) is 2.94. The fraction of sp³-hybridized carbons (Fsp3) is 0.409. The molecular weight excluding hydrogens is 354 g/mol. The second kappa shape index (κ2) is 9.46. The van der Waals surface area contributed by atoms with Gasteiger partial charge in [0.1, 0.15) is 0 Å². The van der Waals surface area contributed by atoms with Crippen molar-refractivity contribution in [2.45, 2.75) is 13.3 Å². The van der Waals surface area contributed by atoms with E-state index >= 15 is 0 Å². The molecule has 1 saturated heterocycles. The molecule has 1 heterocycles. The topological polar surface area (TPSA) is 54.0 Å².